The molecule has 1 aromatic heterocycles. The van der Waals surface area contributed by atoms with Gasteiger partial charge in [0, 0.05) is 31.1 Å². The molecule has 5 rings (SSSR count). The molecule has 0 aliphatic carbocycles. The number of carbonyl (C=O) groups excluding carboxylic acids is 1. The van der Waals surface area contributed by atoms with Crippen molar-refractivity contribution in [3.05, 3.63) is 95.6 Å². The number of nitrogens with zero attached hydrogens (tertiary/aromatic N) is 3. The summed E-state index contributed by atoms with van der Waals surface area (Å²) in [4.78, 5) is 19.8. The van der Waals surface area contributed by atoms with Crippen LogP contribution < -0.4 is 4.90 Å². The molecule has 1 atom stereocenters. The number of amides is 1. The van der Waals surface area contributed by atoms with E-state index in [1.54, 1.807) is 12.1 Å². The van der Waals surface area contributed by atoms with E-state index in [4.69, 9.17) is 4.98 Å². The van der Waals surface area contributed by atoms with Crippen LogP contribution in [0.25, 0.3) is 11.0 Å². The largest absolute Gasteiger partial charge is 0.323 e. The third kappa shape index (κ3) is 3.61. The Hall–Kier alpha value is -3.47. The Morgan fingerprint density at radius 3 is 2.55 bits per heavy atom. The predicted molar refractivity (Wildman–Crippen MR) is 121 cm³/mol. The van der Waals surface area contributed by atoms with Crippen LogP contribution in [0.3, 0.4) is 0 Å². The third-order valence-corrected chi connectivity index (χ3v) is 6.09. The lowest BCUT2D eigenvalue weighted by Gasteiger charge is -2.20. The second-order valence-electron chi connectivity index (χ2n) is 8.06. The van der Waals surface area contributed by atoms with Gasteiger partial charge in [0.25, 0.3) is 0 Å². The molecule has 1 aliphatic rings. The Morgan fingerprint density at radius 2 is 1.74 bits per heavy atom. The zero-order valence-corrected chi connectivity index (χ0v) is 17.5. The molecule has 0 saturated carbocycles. The Labute approximate surface area is 181 Å². The number of para-hydroxylation sites is 3. The van der Waals surface area contributed by atoms with Gasteiger partial charge >= 0.3 is 0 Å². The van der Waals surface area contributed by atoms with Gasteiger partial charge in [-0.05, 0) is 47.9 Å². The fourth-order valence-corrected chi connectivity index (χ4v) is 4.53. The van der Waals surface area contributed by atoms with E-state index in [2.05, 4.69) is 23.6 Å². The van der Waals surface area contributed by atoms with Crippen LogP contribution in [0, 0.1) is 5.82 Å². The molecule has 4 aromatic rings. The molecule has 0 bridgehead atoms. The lowest BCUT2D eigenvalue weighted by molar-refractivity contribution is -0.117. The summed E-state index contributed by atoms with van der Waals surface area (Å²) >= 11 is 0. The Balaban J connectivity index is 1.53. The Morgan fingerprint density at radius 1 is 1.00 bits per heavy atom. The van der Waals surface area contributed by atoms with Gasteiger partial charge in [0.1, 0.15) is 11.6 Å². The van der Waals surface area contributed by atoms with Crippen molar-refractivity contribution < 1.29 is 9.18 Å². The van der Waals surface area contributed by atoms with Crippen molar-refractivity contribution in [3.63, 3.8) is 0 Å². The van der Waals surface area contributed by atoms with Gasteiger partial charge in [-0.15, -0.1) is 0 Å². The number of benzene rings is 3. The zero-order valence-electron chi connectivity index (χ0n) is 17.5. The van der Waals surface area contributed by atoms with Gasteiger partial charge in [-0.2, -0.15) is 0 Å². The first-order chi connectivity index (χ1) is 15.1. The van der Waals surface area contributed by atoms with Crippen molar-refractivity contribution in [1.82, 2.24) is 9.55 Å². The van der Waals surface area contributed by atoms with Gasteiger partial charge in [-0.1, -0.05) is 49.4 Å². The fourth-order valence-electron chi connectivity index (χ4n) is 4.53. The van der Waals surface area contributed by atoms with Crippen LogP contribution >= 0.6 is 0 Å². The van der Waals surface area contributed by atoms with Crippen LogP contribution in [0.15, 0.2) is 72.8 Å². The summed E-state index contributed by atoms with van der Waals surface area (Å²) in [6.07, 6.45) is 1.32. The molecule has 1 aliphatic heterocycles. The smallest absolute Gasteiger partial charge is 0.227 e. The molecule has 31 heavy (non-hydrogen) atoms. The minimum absolute atomic E-state index is 0.00487. The molecule has 1 amide bonds. The van der Waals surface area contributed by atoms with Gasteiger partial charge in [-0.3, -0.25) is 4.79 Å². The highest BCUT2D eigenvalue weighted by Crippen LogP contribution is 2.35. The standard InChI is InChI=1S/C26H24FN3O/c1-2-19-7-3-5-9-23(19)29-17-20(15-25(29)31)26-28-22-8-4-6-10-24(22)30(26)16-18-11-13-21(27)14-12-18/h3-14,20H,2,15-17H2,1H3/t20-/m1/s1. The van der Waals surface area contributed by atoms with E-state index in [0.29, 0.717) is 19.5 Å². The van der Waals surface area contributed by atoms with E-state index in [0.717, 1.165) is 34.5 Å². The summed E-state index contributed by atoms with van der Waals surface area (Å²) in [5, 5.41) is 0. The van der Waals surface area contributed by atoms with Crippen LogP contribution in [-0.2, 0) is 17.8 Å². The summed E-state index contributed by atoms with van der Waals surface area (Å²) in [5.74, 6) is 0.804. The number of aryl methyl sites for hydroxylation is 1. The molecular formula is C26H24FN3O. The second-order valence-corrected chi connectivity index (χ2v) is 8.06. The summed E-state index contributed by atoms with van der Waals surface area (Å²) in [6.45, 7) is 3.31. The van der Waals surface area contributed by atoms with Gasteiger partial charge < -0.3 is 9.47 Å². The number of imidazole rings is 1. The molecule has 3 aromatic carbocycles. The molecule has 0 spiro atoms. The van der Waals surface area contributed by atoms with E-state index in [-0.39, 0.29) is 17.6 Å². The van der Waals surface area contributed by atoms with Crippen LogP contribution in [0.4, 0.5) is 10.1 Å². The average molecular weight is 413 g/mol. The van der Waals surface area contributed by atoms with E-state index in [1.165, 1.54) is 17.7 Å². The third-order valence-electron chi connectivity index (χ3n) is 6.09. The molecule has 0 N–H and O–H groups in total. The maximum absolute atomic E-state index is 13.4. The molecule has 1 saturated heterocycles. The van der Waals surface area contributed by atoms with E-state index in [9.17, 15) is 9.18 Å². The van der Waals surface area contributed by atoms with Crippen molar-refractivity contribution in [2.45, 2.75) is 32.2 Å². The number of aromatic nitrogens is 2. The molecule has 156 valence electrons. The maximum Gasteiger partial charge on any atom is 0.227 e. The predicted octanol–water partition coefficient (Wildman–Crippen LogP) is 5.31. The van der Waals surface area contributed by atoms with Crippen molar-refractivity contribution in [2.24, 2.45) is 0 Å². The molecule has 0 radical (unpaired) electrons. The summed E-state index contributed by atoms with van der Waals surface area (Å²) in [6, 6.07) is 22.7. The maximum atomic E-state index is 13.4. The normalized spacial score (nSPS) is 16.4. The monoisotopic (exact) mass is 413 g/mol. The summed E-state index contributed by atoms with van der Waals surface area (Å²) in [7, 11) is 0. The lowest BCUT2D eigenvalue weighted by atomic mass is 10.1. The first-order valence-electron chi connectivity index (χ1n) is 10.7. The van der Waals surface area contributed by atoms with Gasteiger partial charge in [0.2, 0.25) is 5.91 Å². The van der Waals surface area contributed by atoms with Crippen molar-refractivity contribution in [1.29, 1.82) is 0 Å². The van der Waals surface area contributed by atoms with Gasteiger partial charge in [0.15, 0.2) is 0 Å². The number of anilines is 1. The van der Waals surface area contributed by atoms with Crippen LogP contribution in [-0.4, -0.2) is 22.0 Å². The highest BCUT2D eigenvalue weighted by Gasteiger charge is 2.35. The molecule has 5 heteroatoms. The first-order valence-corrected chi connectivity index (χ1v) is 10.7. The number of hydrogen-bond acceptors (Lipinski definition) is 2. The van der Waals surface area contributed by atoms with E-state index in [1.807, 2.05) is 41.3 Å². The number of carbonyl (C=O) groups is 1. The first kappa shape index (κ1) is 19.5. The highest BCUT2D eigenvalue weighted by molar-refractivity contribution is 5.97. The van der Waals surface area contributed by atoms with Crippen molar-refractivity contribution in [2.75, 3.05) is 11.4 Å². The van der Waals surface area contributed by atoms with Crippen molar-refractivity contribution >= 4 is 22.6 Å². The van der Waals surface area contributed by atoms with Gasteiger partial charge in [-0.25, -0.2) is 9.37 Å². The number of halogens is 1. The minimum atomic E-state index is -0.244. The molecule has 4 nitrogen and oxygen atoms in total. The molecular weight excluding hydrogens is 389 g/mol. The van der Waals surface area contributed by atoms with Crippen LogP contribution in [0.5, 0.6) is 0 Å². The SMILES string of the molecule is CCc1ccccc1N1C[C@H](c2nc3ccccc3n2Cc2ccc(F)cc2)CC1=O. The topological polar surface area (TPSA) is 38.1 Å². The number of hydrogen-bond donors (Lipinski definition) is 0. The van der Waals surface area contributed by atoms with Gasteiger partial charge in [0.05, 0.1) is 11.0 Å². The zero-order chi connectivity index (χ0) is 21.4. The minimum Gasteiger partial charge on any atom is -0.323 e. The highest BCUT2D eigenvalue weighted by atomic mass is 19.1. The second kappa shape index (κ2) is 7.99. The average Bonchev–Trinajstić information content (AvgIpc) is 3.36. The number of fused-ring (bicyclic) bond motifs is 1. The molecule has 0 unspecified atom stereocenters. The quantitative estimate of drug-likeness (QED) is 0.445. The number of rotatable bonds is 5. The lowest BCUT2D eigenvalue weighted by Crippen LogP contribution is -2.25. The fraction of sp³-hybridized carbons (Fsp3) is 0.231. The summed E-state index contributed by atoms with van der Waals surface area (Å²) in [5.41, 5.74) is 5.12. The summed E-state index contributed by atoms with van der Waals surface area (Å²) < 4.78 is 15.6. The Kier molecular flexibility index (Phi) is 5.02. The van der Waals surface area contributed by atoms with Crippen molar-refractivity contribution in [3.8, 4) is 0 Å². The van der Waals surface area contributed by atoms with E-state index >= 15 is 0 Å². The molecule has 1 fully saturated rings. The van der Waals surface area contributed by atoms with Crippen LogP contribution in [0.1, 0.15) is 36.2 Å². The van der Waals surface area contributed by atoms with Crippen LogP contribution in [0.2, 0.25) is 0 Å². The van der Waals surface area contributed by atoms with E-state index < -0.39 is 0 Å². The Bertz CT molecular complexity index is 1250. The molecule has 2 heterocycles.